The highest BCUT2D eigenvalue weighted by Gasteiger charge is 2.13. The molecule has 104 valence electrons. The molecular formula is C13H11Cl2N3O2. The van der Waals surface area contributed by atoms with Gasteiger partial charge in [0.05, 0.1) is 15.6 Å². The average Bonchev–Trinajstić information content (AvgIpc) is 2.46. The highest BCUT2D eigenvalue weighted by atomic mass is 35.5. The molecule has 0 saturated carbocycles. The monoisotopic (exact) mass is 311 g/mol. The molecule has 2 rings (SSSR count). The molecule has 0 aliphatic heterocycles. The molecule has 0 saturated heterocycles. The number of benzene rings is 1. The second kappa shape index (κ2) is 6.45. The van der Waals surface area contributed by atoms with Gasteiger partial charge in [0.25, 0.3) is 0 Å². The van der Waals surface area contributed by atoms with Gasteiger partial charge in [0.2, 0.25) is 0 Å². The van der Waals surface area contributed by atoms with Crippen molar-refractivity contribution in [2.24, 2.45) is 10.9 Å². The van der Waals surface area contributed by atoms with E-state index in [9.17, 15) is 0 Å². The summed E-state index contributed by atoms with van der Waals surface area (Å²) in [5.74, 6) is 0.284. The predicted molar refractivity (Wildman–Crippen MR) is 77.5 cm³/mol. The predicted octanol–water partition coefficient (Wildman–Crippen LogP) is 3.06. The number of aromatic nitrogens is 1. The van der Waals surface area contributed by atoms with Gasteiger partial charge in [-0.15, -0.1) is 0 Å². The van der Waals surface area contributed by atoms with Crippen molar-refractivity contribution in [3.63, 3.8) is 0 Å². The van der Waals surface area contributed by atoms with Gasteiger partial charge in [0.1, 0.15) is 12.4 Å². The van der Waals surface area contributed by atoms with E-state index in [0.29, 0.717) is 21.4 Å². The summed E-state index contributed by atoms with van der Waals surface area (Å²) in [6, 6.07) is 6.76. The summed E-state index contributed by atoms with van der Waals surface area (Å²) >= 11 is 12.0. The summed E-state index contributed by atoms with van der Waals surface area (Å²) in [4.78, 5) is 3.89. The molecule has 1 heterocycles. The minimum Gasteiger partial charge on any atom is -0.488 e. The first kappa shape index (κ1) is 14.4. The SMILES string of the molecule is N/C(=N/O)c1c(Cl)cccc1OCc1ccncc1Cl. The molecule has 0 spiro atoms. The maximum Gasteiger partial charge on any atom is 0.175 e. The number of nitrogens with zero attached hydrogens (tertiary/aromatic N) is 2. The van der Waals surface area contributed by atoms with E-state index >= 15 is 0 Å². The smallest absolute Gasteiger partial charge is 0.175 e. The van der Waals surface area contributed by atoms with Gasteiger partial charge in [-0.2, -0.15) is 0 Å². The minimum atomic E-state index is -0.119. The van der Waals surface area contributed by atoms with Gasteiger partial charge >= 0.3 is 0 Å². The molecule has 0 fully saturated rings. The lowest BCUT2D eigenvalue weighted by molar-refractivity contribution is 0.303. The first-order chi connectivity index (χ1) is 9.63. The van der Waals surface area contributed by atoms with Crippen LogP contribution in [0.3, 0.4) is 0 Å². The second-order valence-corrected chi connectivity index (χ2v) is 4.67. The quantitative estimate of drug-likeness (QED) is 0.393. The molecule has 0 radical (unpaired) electrons. The fourth-order valence-electron chi connectivity index (χ4n) is 1.60. The molecule has 5 nitrogen and oxygen atoms in total. The third kappa shape index (κ3) is 3.12. The van der Waals surface area contributed by atoms with Crippen molar-refractivity contribution in [2.75, 3.05) is 0 Å². The summed E-state index contributed by atoms with van der Waals surface area (Å²) in [6.07, 6.45) is 3.15. The van der Waals surface area contributed by atoms with E-state index in [2.05, 4.69) is 10.1 Å². The van der Waals surface area contributed by atoms with Crippen LogP contribution in [-0.4, -0.2) is 16.0 Å². The van der Waals surface area contributed by atoms with Crippen molar-refractivity contribution in [2.45, 2.75) is 6.61 Å². The molecule has 0 bridgehead atoms. The van der Waals surface area contributed by atoms with E-state index in [4.69, 9.17) is 38.9 Å². The van der Waals surface area contributed by atoms with E-state index in [0.717, 1.165) is 5.56 Å². The van der Waals surface area contributed by atoms with Crippen molar-refractivity contribution >= 4 is 29.0 Å². The normalized spacial score (nSPS) is 11.4. The topological polar surface area (TPSA) is 80.7 Å². The van der Waals surface area contributed by atoms with Crippen LogP contribution in [0.25, 0.3) is 0 Å². The molecule has 0 atom stereocenters. The molecule has 0 unspecified atom stereocenters. The molecule has 0 aliphatic carbocycles. The van der Waals surface area contributed by atoms with Crippen molar-refractivity contribution in [1.82, 2.24) is 4.98 Å². The first-order valence-corrected chi connectivity index (χ1v) is 6.36. The van der Waals surface area contributed by atoms with Crippen molar-refractivity contribution in [1.29, 1.82) is 0 Å². The zero-order valence-electron chi connectivity index (χ0n) is 10.3. The zero-order chi connectivity index (χ0) is 14.5. The van der Waals surface area contributed by atoms with E-state index in [1.165, 1.54) is 6.20 Å². The van der Waals surface area contributed by atoms with Crippen molar-refractivity contribution in [3.8, 4) is 5.75 Å². The fraction of sp³-hybridized carbons (Fsp3) is 0.0769. The van der Waals surface area contributed by atoms with E-state index < -0.39 is 0 Å². The van der Waals surface area contributed by atoms with Crippen molar-refractivity contribution in [3.05, 3.63) is 57.8 Å². The van der Waals surface area contributed by atoms with Crippen molar-refractivity contribution < 1.29 is 9.94 Å². The Morgan fingerprint density at radius 3 is 2.80 bits per heavy atom. The van der Waals surface area contributed by atoms with Gasteiger partial charge in [0.15, 0.2) is 5.84 Å². The minimum absolute atomic E-state index is 0.119. The lowest BCUT2D eigenvalue weighted by Crippen LogP contribution is -2.15. The Balaban J connectivity index is 2.27. The van der Waals surface area contributed by atoms with Crippen LogP contribution in [0.5, 0.6) is 5.75 Å². The molecule has 0 amide bonds. The Morgan fingerprint density at radius 1 is 1.30 bits per heavy atom. The molecule has 1 aromatic carbocycles. The highest BCUT2D eigenvalue weighted by molar-refractivity contribution is 6.34. The Labute approximate surface area is 125 Å². The number of halogens is 2. The molecular weight excluding hydrogens is 301 g/mol. The van der Waals surface area contributed by atoms with Gasteiger partial charge in [-0.3, -0.25) is 4.98 Å². The molecule has 7 heteroatoms. The lowest BCUT2D eigenvalue weighted by Gasteiger charge is -2.12. The van der Waals surface area contributed by atoms with Crippen LogP contribution in [0, 0.1) is 0 Å². The third-order valence-electron chi connectivity index (χ3n) is 2.58. The number of ether oxygens (including phenoxy) is 1. The van der Waals surface area contributed by atoms with Gasteiger partial charge < -0.3 is 15.7 Å². The summed E-state index contributed by atoms with van der Waals surface area (Å²) in [7, 11) is 0. The van der Waals surface area contributed by atoms with E-state index in [1.807, 2.05) is 0 Å². The zero-order valence-corrected chi connectivity index (χ0v) is 11.8. The number of hydrogen-bond acceptors (Lipinski definition) is 4. The number of pyridine rings is 1. The Kier molecular flexibility index (Phi) is 4.65. The average molecular weight is 312 g/mol. The number of oxime groups is 1. The standard InChI is InChI=1S/C13H11Cl2N3O2/c14-9-2-1-3-11(12(9)13(16)18-19)20-7-8-4-5-17-6-10(8)15/h1-6,19H,7H2,(H2,16,18). The van der Waals surface area contributed by atoms with Gasteiger partial charge in [0, 0.05) is 18.0 Å². The number of nitrogens with two attached hydrogens (primary N) is 1. The highest BCUT2D eigenvalue weighted by Crippen LogP contribution is 2.27. The van der Waals surface area contributed by atoms with Gasteiger partial charge in [-0.1, -0.05) is 34.4 Å². The largest absolute Gasteiger partial charge is 0.488 e. The first-order valence-electron chi connectivity index (χ1n) is 5.61. The molecule has 1 aromatic heterocycles. The Hall–Kier alpha value is -1.98. The molecule has 3 N–H and O–H groups in total. The van der Waals surface area contributed by atoms with E-state index in [1.54, 1.807) is 30.5 Å². The number of rotatable bonds is 4. The Bertz CT molecular complexity index is 647. The maximum atomic E-state index is 8.79. The van der Waals surface area contributed by atoms with Crippen LogP contribution in [0.15, 0.2) is 41.8 Å². The summed E-state index contributed by atoms with van der Waals surface area (Å²) < 4.78 is 5.64. The Morgan fingerprint density at radius 2 is 2.10 bits per heavy atom. The van der Waals surface area contributed by atoms with Crippen LogP contribution in [-0.2, 0) is 6.61 Å². The maximum absolute atomic E-state index is 8.79. The fourth-order valence-corrected chi connectivity index (χ4v) is 2.04. The summed E-state index contributed by atoms with van der Waals surface area (Å²) in [5.41, 5.74) is 6.70. The second-order valence-electron chi connectivity index (χ2n) is 3.85. The van der Waals surface area contributed by atoms with Crippen LogP contribution < -0.4 is 10.5 Å². The van der Waals surface area contributed by atoms with Crippen LogP contribution in [0.1, 0.15) is 11.1 Å². The lowest BCUT2D eigenvalue weighted by atomic mass is 10.2. The number of hydrogen-bond donors (Lipinski definition) is 2. The summed E-state index contributed by atoms with van der Waals surface area (Å²) in [5, 5.41) is 12.6. The van der Waals surface area contributed by atoms with E-state index in [-0.39, 0.29) is 12.4 Å². The third-order valence-corrected chi connectivity index (χ3v) is 3.23. The summed E-state index contributed by atoms with van der Waals surface area (Å²) in [6.45, 7) is 0.216. The van der Waals surface area contributed by atoms with Crippen LogP contribution >= 0.6 is 23.2 Å². The molecule has 0 aliphatic rings. The van der Waals surface area contributed by atoms with Crippen LogP contribution in [0.2, 0.25) is 10.0 Å². The number of amidine groups is 1. The molecule has 2 aromatic rings. The van der Waals surface area contributed by atoms with Gasteiger partial charge in [-0.05, 0) is 18.2 Å². The molecule has 20 heavy (non-hydrogen) atoms. The van der Waals surface area contributed by atoms with Gasteiger partial charge in [-0.25, -0.2) is 0 Å². The van der Waals surface area contributed by atoms with Crippen LogP contribution in [0.4, 0.5) is 0 Å².